The lowest BCUT2D eigenvalue weighted by Crippen LogP contribution is -2.44. The van der Waals surface area contributed by atoms with Crippen LogP contribution in [-0.2, 0) is 4.74 Å². The van der Waals surface area contributed by atoms with Crippen LogP contribution in [0.2, 0.25) is 0 Å². The van der Waals surface area contributed by atoms with E-state index in [1.165, 1.54) is 25.8 Å². The minimum Gasteiger partial charge on any atom is -0.379 e. The fourth-order valence-electron chi connectivity index (χ4n) is 2.54. The first-order valence-electron chi connectivity index (χ1n) is 5.91. The molecule has 0 aliphatic carbocycles. The van der Waals surface area contributed by atoms with E-state index in [2.05, 4.69) is 17.1 Å². The summed E-state index contributed by atoms with van der Waals surface area (Å²) in [5.41, 5.74) is 0. The Kier molecular flexibility index (Phi) is 3.79. The highest BCUT2D eigenvalue weighted by Crippen LogP contribution is 2.15. The highest BCUT2D eigenvalue weighted by atomic mass is 16.5. The average molecular weight is 198 g/mol. The van der Waals surface area contributed by atoms with Crippen molar-refractivity contribution in [1.29, 1.82) is 0 Å². The second-order valence-electron chi connectivity index (χ2n) is 4.53. The van der Waals surface area contributed by atoms with Gasteiger partial charge in [0.25, 0.3) is 0 Å². The molecule has 2 saturated heterocycles. The molecular formula is C11H22N2O. The van der Waals surface area contributed by atoms with Gasteiger partial charge in [-0.25, -0.2) is 0 Å². The minimum atomic E-state index is 0.717. The molecule has 3 heteroatoms. The molecule has 3 nitrogen and oxygen atoms in total. The van der Waals surface area contributed by atoms with Gasteiger partial charge in [-0.15, -0.1) is 0 Å². The van der Waals surface area contributed by atoms with Gasteiger partial charge in [-0.1, -0.05) is 0 Å². The van der Waals surface area contributed by atoms with Gasteiger partial charge in [-0.2, -0.15) is 0 Å². The molecular weight excluding hydrogens is 176 g/mol. The number of morpholine rings is 1. The Morgan fingerprint density at radius 3 is 2.86 bits per heavy atom. The molecule has 0 aromatic rings. The van der Waals surface area contributed by atoms with Crippen LogP contribution in [0.3, 0.4) is 0 Å². The van der Waals surface area contributed by atoms with Crippen LogP contribution in [0.25, 0.3) is 0 Å². The lowest BCUT2D eigenvalue weighted by atomic mass is 10.1. The molecule has 2 aliphatic heterocycles. The molecule has 2 aliphatic rings. The zero-order valence-electron chi connectivity index (χ0n) is 9.17. The molecule has 0 radical (unpaired) electrons. The maximum Gasteiger partial charge on any atom is 0.0594 e. The topological polar surface area (TPSA) is 24.5 Å². The number of ether oxygens (including phenoxy) is 1. The molecule has 1 N–H and O–H groups in total. The lowest BCUT2D eigenvalue weighted by Gasteiger charge is -2.33. The molecule has 0 aromatic carbocycles. The van der Waals surface area contributed by atoms with Gasteiger partial charge in [0.1, 0.15) is 0 Å². The Hall–Kier alpha value is -0.120. The van der Waals surface area contributed by atoms with Crippen molar-refractivity contribution in [2.24, 2.45) is 0 Å². The number of nitrogens with one attached hydrogen (secondary N) is 1. The first kappa shape index (κ1) is 10.4. The predicted molar refractivity (Wildman–Crippen MR) is 57.5 cm³/mol. The Bertz CT molecular complexity index is 163. The molecule has 2 rings (SSSR count). The summed E-state index contributed by atoms with van der Waals surface area (Å²) >= 11 is 0. The maximum atomic E-state index is 5.36. The minimum absolute atomic E-state index is 0.717. The van der Waals surface area contributed by atoms with Gasteiger partial charge in [0.15, 0.2) is 0 Å². The third-order valence-corrected chi connectivity index (χ3v) is 3.46. The van der Waals surface area contributed by atoms with E-state index in [9.17, 15) is 0 Å². The molecule has 2 atom stereocenters. The van der Waals surface area contributed by atoms with Crippen LogP contribution in [0, 0.1) is 0 Å². The van der Waals surface area contributed by atoms with Crippen LogP contribution in [0.15, 0.2) is 0 Å². The van der Waals surface area contributed by atoms with Crippen molar-refractivity contribution in [2.45, 2.75) is 38.3 Å². The van der Waals surface area contributed by atoms with E-state index < -0.39 is 0 Å². The first-order chi connectivity index (χ1) is 6.86. The quantitative estimate of drug-likeness (QED) is 0.727. The van der Waals surface area contributed by atoms with Crippen LogP contribution in [0.5, 0.6) is 0 Å². The Labute approximate surface area is 86.8 Å². The molecule has 0 amide bonds. The molecule has 82 valence electrons. The normalized spacial score (nSPS) is 31.9. The smallest absolute Gasteiger partial charge is 0.0594 e. The van der Waals surface area contributed by atoms with E-state index in [1.54, 1.807) is 0 Å². The molecule has 2 fully saturated rings. The van der Waals surface area contributed by atoms with Crippen molar-refractivity contribution in [3.8, 4) is 0 Å². The zero-order chi connectivity index (χ0) is 9.80. The van der Waals surface area contributed by atoms with Gasteiger partial charge >= 0.3 is 0 Å². The van der Waals surface area contributed by atoms with E-state index in [1.807, 2.05) is 0 Å². The van der Waals surface area contributed by atoms with Crippen molar-refractivity contribution in [3.05, 3.63) is 0 Å². The van der Waals surface area contributed by atoms with Crippen molar-refractivity contribution < 1.29 is 4.74 Å². The Balaban J connectivity index is 1.72. The van der Waals surface area contributed by atoms with Crippen LogP contribution < -0.4 is 5.32 Å². The largest absolute Gasteiger partial charge is 0.379 e. The number of hydrogen-bond acceptors (Lipinski definition) is 3. The molecule has 0 aromatic heterocycles. The van der Waals surface area contributed by atoms with Crippen molar-refractivity contribution in [3.63, 3.8) is 0 Å². The van der Waals surface area contributed by atoms with E-state index in [4.69, 9.17) is 4.74 Å². The number of rotatable bonds is 3. The molecule has 0 spiro atoms. The second kappa shape index (κ2) is 5.10. The molecule has 2 heterocycles. The van der Waals surface area contributed by atoms with E-state index in [0.717, 1.165) is 38.4 Å². The molecule has 14 heavy (non-hydrogen) atoms. The van der Waals surface area contributed by atoms with E-state index in [-0.39, 0.29) is 0 Å². The van der Waals surface area contributed by atoms with Crippen LogP contribution in [0.1, 0.15) is 26.2 Å². The van der Waals surface area contributed by atoms with Crippen LogP contribution >= 0.6 is 0 Å². The van der Waals surface area contributed by atoms with E-state index in [0.29, 0.717) is 0 Å². The average Bonchev–Trinajstić information content (AvgIpc) is 2.72. The summed E-state index contributed by atoms with van der Waals surface area (Å²) in [5.74, 6) is 0. The number of hydrogen-bond donors (Lipinski definition) is 1. The summed E-state index contributed by atoms with van der Waals surface area (Å²) in [6, 6.07) is 1.49. The van der Waals surface area contributed by atoms with Crippen LogP contribution in [-0.4, -0.2) is 49.8 Å². The molecule has 0 saturated carbocycles. The second-order valence-corrected chi connectivity index (χ2v) is 4.53. The fraction of sp³-hybridized carbons (Fsp3) is 1.00. The monoisotopic (exact) mass is 198 g/mol. The Morgan fingerprint density at radius 1 is 1.43 bits per heavy atom. The predicted octanol–water partition coefficient (Wildman–Crippen LogP) is 0.849. The lowest BCUT2D eigenvalue weighted by molar-refractivity contribution is 0.0170. The van der Waals surface area contributed by atoms with Gasteiger partial charge in [0.2, 0.25) is 0 Å². The SMILES string of the molecule is CC(CC1CCCN1)N1CCOCC1. The summed E-state index contributed by atoms with van der Waals surface area (Å²) < 4.78 is 5.36. The molecule has 2 unspecified atom stereocenters. The summed E-state index contributed by atoms with van der Waals surface area (Å²) in [4.78, 5) is 2.56. The number of nitrogens with zero attached hydrogens (tertiary/aromatic N) is 1. The highest BCUT2D eigenvalue weighted by Gasteiger charge is 2.22. The summed E-state index contributed by atoms with van der Waals surface area (Å²) in [5, 5.41) is 3.57. The summed E-state index contributed by atoms with van der Waals surface area (Å²) in [6.45, 7) is 7.65. The third kappa shape index (κ3) is 2.69. The summed E-state index contributed by atoms with van der Waals surface area (Å²) in [7, 11) is 0. The maximum absolute atomic E-state index is 5.36. The highest BCUT2D eigenvalue weighted by molar-refractivity contribution is 4.80. The van der Waals surface area contributed by atoms with E-state index >= 15 is 0 Å². The summed E-state index contributed by atoms with van der Waals surface area (Å²) in [6.07, 6.45) is 4.04. The van der Waals surface area contributed by atoms with Crippen molar-refractivity contribution in [1.82, 2.24) is 10.2 Å². The van der Waals surface area contributed by atoms with Gasteiger partial charge in [0, 0.05) is 25.2 Å². The standard InChI is InChI=1S/C11H22N2O/c1-10(9-11-3-2-4-12-11)13-5-7-14-8-6-13/h10-12H,2-9H2,1H3. The van der Waals surface area contributed by atoms with Crippen molar-refractivity contribution >= 4 is 0 Å². The van der Waals surface area contributed by atoms with Gasteiger partial charge < -0.3 is 10.1 Å². The van der Waals surface area contributed by atoms with Crippen LogP contribution in [0.4, 0.5) is 0 Å². The van der Waals surface area contributed by atoms with Crippen molar-refractivity contribution in [2.75, 3.05) is 32.8 Å². The van der Waals surface area contributed by atoms with Gasteiger partial charge in [-0.05, 0) is 32.7 Å². The molecule has 0 bridgehead atoms. The first-order valence-corrected chi connectivity index (χ1v) is 5.91. The fourth-order valence-corrected chi connectivity index (χ4v) is 2.54. The van der Waals surface area contributed by atoms with Gasteiger partial charge in [-0.3, -0.25) is 4.90 Å². The zero-order valence-corrected chi connectivity index (χ0v) is 9.17. The Morgan fingerprint density at radius 2 is 2.21 bits per heavy atom. The van der Waals surface area contributed by atoms with Gasteiger partial charge in [0.05, 0.1) is 13.2 Å². The third-order valence-electron chi connectivity index (χ3n) is 3.46.